The number of aliphatic hydroxyl groups is 1. The van der Waals surface area contributed by atoms with Crippen LogP contribution in [-0.4, -0.2) is 77.5 Å². The maximum atomic E-state index is 11.9. The van der Waals surface area contributed by atoms with Crippen LogP contribution in [-0.2, 0) is 16.9 Å². The summed E-state index contributed by atoms with van der Waals surface area (Å²) in [4.78, 5) is 14.9. The molecule has 0 amide bonds. The van der Waals surface area contributed by atoms with Gasteiger partial charge in [0.15, 0.2) is 9.84 Å². The fourth-order valence-electron chi connectivity index (χ4n) is 6.43. The fraction of sp³-hybridized carbons (Fsp3) is 0.438. The van der Waals surface area contributed by atoms with Crippen molar-refractivity contribution in [3.8, 4) is 22.6 Å². The molecule has 8 nitrogen and oxygen atoms in total. The molecule has 216 valence electrons. The molecule has 0 unspecified atom stereocenters. The molecule has 1 N–H and O–H groups in total. The Balaban J connectivity index is 1.17. The number of pyridine rings is 1. The Labute approximate surface area is 242 Å². The summed E-state index contributed by atoms with van der Waals surface area (Å²) in [7, 11) is -1.27. The maximum Gasteiger partial charge on any atom is 0.175 e. The largest absolute Gasteiger partial charge is 0.389 e. The van der Waals surface area contributed by atoms with Crippen molar-refractivity contribution in [2.75, 3.05) is 43.9 Å². The first-order chi connectivity index (χ1) is 19.3. The van der Waals surface area contributed by atoms with E-state index in [0.29, 0.717) is 10.3 Å². The summed E-state index contributed by atoms with van der Waals surface area (Å²) in [6.07, 6.45) is 3.59. The maximum absolute atomic E-state index is 11.9. The molecule has 2 aliphatic rings. The first kappa shape index (κ1) is 27.9. The van der Waals surface area contributed by atoms with E-state index in [9.17, 15) is 13.5 Å². The van der Waals surface area contributed by atoms with Crippen LogP contribution in [0.25, 0.3) is 33.7 Å². The van der Waals surface area contributed by atoms with Gasteiger partial charge in [-0.15, -0.1) is 0 Å². The molecule has 0 aliphatic carbocycles. The van der Waals surface area contributed by atoms with Crippen LogP contribution < -0.4 is 4.90 Å². The molecule has 0 atom stereocenters. The second kappa shape index (κ2) is 9.93. The number of sulfone groups is 1. The SMILES string of the molecule is Cc1nc(-c2ccc(N3CC4(CCN(CC(C)(C)O)CC4)C3)cc2)cc2c1nc(-c1ccc(S(C)(=O)=O)cc1)n2C. The third kappa shape index (κ3) is 5.50. The number of rotatable bonds is 6. The number of hydrogen-bond acceptors (Lipinski definition) is 7. The number of hydrogen-bond donors (Lipinski definition) is 1. The average molecular weight is 574 g/mol. The van der Waals surface area contributed by atoms with Crippen molar-refractivity contribution in [3.63, 3.8) is 0 Å². The zero-order valence-corrected chi connectivity index (χ0v) is 25.4. The number of piperidine rings is 1. The number of aryl methyl sites for hydroxylation is 2. The Morgan fingerprint density at radius 3 is 2.15 bits per heavy atom. The molecule has 6 rings (SSSR count). The number of imidazole rings is 1. The van der Waals surface area contributed by atoms with Gasteiger partial charge in [-0.3, -0.25) is 4.98 Å². The summed E-state index contributed by atoms with van der Waals surface area (Å²) in [6, 6.07) is 17.7. The van der Waals surface area contributed by atoms with E-state index in [1.807, 2.05) is 32.4 Å². The van der Waals surface area contributed by atoms with Gasteiger partial charge in [-0.25, -0.2) is 13.4 Å². The minimum atomic E-state index is -3.25. The van der Waals surface area contributed by atoms with Crippen molar-refractivity contribution in [1.82, 2.24) is 19.4 Å². The fourth-order valence-corrected chi connectivity index (χ4v) is 7.06. The molecular weight excluding hydrogens is 534 g/mol. The lowest BCUT2D eigenvalue weighted by Crippen LogP contribution is -2.61. The number of β-amino-alcohol motifs (C(OH)–C–C–N with tert-alkyl or cyclic N) is 1. The number of anilines is 1. The Hall–Kier alpha value is -3.27. The second-order valence-electron chi connectivity index (χ2n) is 12.7. The van der Waals surface area contributed by atoms with E-state index in [1.165, 1.54) is 24.8 Å². The number of aromatic nitrogens is 3. The minimum Gasteiger partial charge on any atom is -0.389 e. The van der Waals surface area contributed by atoms with Gasteiger partial charge >= 0.3 is 0 Å². The van der Waals surface area contributed by atoms with E-state index in [-0.39, 0.29) is 0 Å². The molecule has 1 spiro atoms. The molecule has 2 aliphatic heterocycles. The molecule has 0 bridgehead atoms. The van der Waals surface area contributed by atoms with Crippen molar-refractivity contribution in [1.29, 1.82) is 0 Å². The van der Waals surface area contributed by atoms with Gasteiger partial charge in [0.2, 0.25) is 0 Å². The number of benzene rings is 2. The minimum absolute atomic E-state index is 0.296. The normalized spacial score (nSPS) is 17.8. The summed E-state index contributed by atoms with van der Waals surface area (Å²) < 4.78 is 25.8. The highest BCUT2D eigenvalue weighted by Gasteiger charge is 2.45. The Morgan fingerprint density at radius 2 is 1.56 bits per heavy atom. The summed E-state index contributed by atoms with van der Waals surface area (Å²) in [5.41, 5.74) is 6.53. The number of likely N-dealkylation sites (tertiary alicyclic amines) is 1. The van der Waals surface area contributed by atoms with Gasteiger partial charge in [-0.2, -0.15) is 0 Å². The molecule has 2 saturated heterocycles. The summed E-state index contributed by atoms with van der Waals surface area (Å²) in [5, 5.41) is 10.2. The summed E-state index contributed by atoms with van der Waals surface area (Å²) in [6.45, 7) is 10.8. The summed E-state index contributed by atoms with van der Waals surface area (Å²) in [5.74, 6) is 0.773. The Bertz CT molecular complexity index is 1690. The monoisotopic (exact) mass is 573 g/mol. The van der Waals surface area contributed by atoms with Gasteiger partial charge in [0, 0.05) is 55.2 Å². The smallest absolute Gasteiger partial charge is 0.175 e. The van der Waals surface area contributed by atoms with Gasteiger partial charge in [0.05, 0.1) is 27.4 Å². The lowest BCUT2D eigenvalue weighted by Gasteiger charge is -2.55. The van der Waals surface area contributed by atoms with Crippen LogP contribution in [0.2, 0.25) is 0 Å². The molecule has 0 radical (unpaired) electrons. The van der Waals surface area contributed by atoms with Gasteiger partial charge < -0.3 is 19.5 Å². The second-order valence-corrected chi connectivity index (χ2v) is 14.8. The first-order valence-electron chi connectivity index (χ1n) is 14.3. The Kier molecular flexibility index (Phi) is 6.75. The van der Waals surface area contributed by atoms with Gasteiger partial charge in [0.1, 0.15) is 11.3 Å². The molecule has 2 aromatic heterocycles. The van der Waals surface area contributed by atoms with E-state index in [1.54, 1.807) is 24.3 Å². The molecule has 2 aromatic carbocycles. The molecular formula is C32H39N5O3S. The van der Waals surface area contributed by atoms with Crippen LogP contribution in [0.5, 0.6) is 0 Å². The van der Waals surface area contributed by atoms with Crippen molar-refractivity contribution < 1.29 is 13.5 Å². The quantitative estimate of drug-likeness (QED) is 0.358. The van der Waals surface area contributed by atoms with Crippen LogP contribution in [0.4, 0.5) is 5.69 Å². The van der Waals surface area contributed by atoms with Crippen LogP contribution in [0, 0.1) is 12.3 Å². The van der Waals surface area contributed by atoms with Crippen LogP contribution in [0.1, 0.15) is 32.4 Å². The van der Waals surface area contributed by atoms with Crippen molar-refractivity contribution in [2.24, 2.45) is 12.5 Å². The van der Waals surface area contributed by atoms with E-state index < -0.39 is 15.4 Å². The average Bonchev–Trinajstić information content (AvgIpc) is 3.23. The van der Waals surface area contributed by atoms with Crippen molar-refractivity contribution in [3.05, 3.63) is 60.3 Å². The molecule has 4 aromatic rings. The molecule has 9 heteroatoms. The lowest BCUT2D eigenvalue weighted by atomic mass is 9.71. The van der Waals surface area contributed by atoms with E-state index in [2.05, 4.69) is 40.1 Å². The van der Waals surface area contributed by atoms with E-state index in [4.69, 9.17) is 9.97 Å². The molecule has 2 fully saturated rings. The standard InChI is InChI=1S/C32H39N5O3S/c1-22-29-28(35(4)30(34-29)24-8-12-26(13-9-24)41(5,39)40)18-27(33-22)23-6-10-25(11-7-23)37-20-32(21-37)14-16-36(17-15-32)19-31(2,3)38/h6-13,18,38H,14-17,19-21H2,1-5H3. The first-order valence-corrected chi connectivity index (χ1v) is 16.1. The van der Waals surface area contributed by atoms with Gasteiger partial charge in [-0.05, 0) is 89.2 Å². The van der Waals surface area contributed by atoms with E-state index >= 15 is 0 Å². The van der Waals surface area contributed by atoms with Crippen LogP contribution in [0.3, 0.4) is 0 Å². The highest BCUT2D eigenvalue weighted by atomic mass is 32.2. The molecule has 0 saturated carbocycles. The van der Waals surface area contributed by atoms with E-state index in [0.717, 1.165) is 72.1 Å². The lowest BCUT2D eigenvalue weighted by molar-refractivity contribution is 0.00353. The topological polar surface area (TPSA) is 91.6 Å². The van der Waals surface area contributed by atoms with Crippen LogP contribution >= 0.6 is 0 Å². The molecule has 41 heavy (non-hydrogen) atoms. The van der Waals surface area contributed by atoms with Crippen LogP contribution in [0.15, 0.2) is 59.5 Å². The number of fused-ring (bicyclic) bond motifs is 1. The predicted octanol–water partition coefficient (Wildman–Crippen LogP) is 4.69. The third-order valence-corrected chi connectivity index (χ3v) is 9.82. The summed E-state index contributed by atoms with van der Waals surface area (Å²) >= 11 is 0. The van der Waals surface area contributed by atoms with Crippen molar-refractivity contribution >= 4 is 26.6 Å². The zero-order chi connectivity index (χ0) is 29.2. The predicted molar refractivity (Wildman–Crippen MR) is 164 cm³/mol. The zero-order valence-electron chi connectivity index (χ0n) is 24.6. The highest BCUT2D eigenvalue weighted by molar-refractivity contribution is 7.90. The van der Waals surface area contributed by atoms with Gasteiger partial charge in [-0.1, -0.05) is 12.1 Å². The Morgan fingerprint density at radius 1 is 0.951 bits per heavy atom. The number of nitrogens with zero attached hydrogens (tertiary/aromatic N) is 5. The third-order valence-electron chi connectivity index (χ3n) is 8.69. The van der Waals surface area contributed by atoms with Crippen molar-refractivity contribution in [2.45, 2.75) is 44.1 Å². The molecule has 4 heterocycles. The van der Waals surface area contributed by atoms with Gasteiger partial charge in [0.25, 0.3) is 0 Å². The highest BCUT2D eigenvalue weighted by Crippen LogP contribution is 2.43.